The number of hydrogen-bond donors (Lipinski definition) is 1. The number of H-pyrrole nitrogens is 1. The van der Waals surface area contributed by atoms with Crippen molar-refractivity contribution in [1.29, 1.82) is 0 Å². The molecule has 0 atom stereocenters. The Balaban J connectivity index is 0.000000211. The summed E-state index contributed by atoms with van der Waals surface area (Å²) in [6.07, 6.45) is 6.13. The van der Waals surface area contributed by atoms with Gasteiger partial charge in [0.05, 0.1) is 5.69 Å². The third-order valence-electron chi connectivity index (χ3n) is 6.12. The maximum atomic E-state index is 13.5. The van der Waals surface area contributed by atoms with Crippen molar-refractivity contribution < 1.29 is 12.8 Å². The summed E-state index contributed by atoms with van der Waals surface area (Å²) in [5, 5.41) is 1.66. The second-order valence-electron chi connectivity index (χ2n) is 9.25. The maximum absolute atomic E-state index is 13.5. The molecule has 202 valence electrons. The van der Waals surface area contributed by atoms with Gasteiger partial charge < -0.3 is 4.98 Å². The normalized spacial score (nSPS) is 11.0. The molecule has 0 radical (unpaired) electrons. The lowest BCUT2D eigenvalue weighted by Crippen LogP contribution is -2.04. The van der Waals surface area contributed by atoms with Gasteiger partial charge in [-0.15, -0.1) is 0 Å². The number of rotatable bonds is 4. The van der Waals surface area contributed by atoms with Crippen molar-refractivity contribution in [1.82, 2.24) is 15.0 Å². The van der Waals surface area contributed by atoms with E-state index in [0.29, 0.717) is 16.9 Å². The van der Waals surface area contributed by atoms with Crippen LogP contribution in [0.5, 0.6) is 0 Å². The van der Waals surface area contributed by atoms with Crippen molar-refractivity contribution in [3.63, 3.8) is 0 Å². The average Bonchev–Trinajstić information content (AvgIpc) is 2.89. The summed E-state index contributed by atoms with van der Waals surface area (Å²) < 4.78 is 36.4. The van der Waals surface area contributed by atoms with E-state index in [1.165, 1.54) is 6.07 Å². The van der Waals surface area contributed by atoms with Crippen LogP contribution in [0, 0.1) is 12.7 Å². The average molecular weight is 546 g/mol. The summed E-state index contributed by atoms with van der Waals surface area (Å²) in [5.41, 5.74) is 5.32. The number of nitrogens with one attached hydrogen (secondary N) is 1. The minimum atomic E-state index is -3.57. The molecule has 5 aromatic rings. The molecule has 5 rings (SSSR count). The van der Waals surface area contributed by atoms with E-state index in [1.807, 2.05) is 49.5 Å². The van der Waals surface area contributed by atoms with Crippen LogP contribution in [0.2, 0.25) is 0 Å². The van der Waals surface area contributed by atoms with E-state index in [-0.39, 0.29) is 17.9 Å². The predicted molar refractivity (Wildman–Crippen MR) is 156 cm³/mol. The maximum Gasteiger partial charge on any atom is 0.255 e. The van der Waals surface area contributed by atoms with E-state index in [9.17, 15) is 17.6 Å². The monoisotopic (exact) mass is 545 g/mol. The van der Waals surface area contributed by atoms with Crippen LogP contribution in [0.3, 0.4) is 0 Å². The van der Waals surface area contributed by atoms with E-state index in [2.05, 4.69) is 34.9 Å². The van der Waals surface area contributed by atoms with Crippen molar-refractivity contribution in [3.8, 4) is 22.3 Å². The van der Waals surface area contributed by atoms with Crippen LogP contribution >= 0.6 is 0 Å². The lowest BCUT2D eigenvalue weighted by molar-refractivity contribution is 0.571. The van der Waals surface area contributed by atoms with Gasteiger partial charge in [0.2, 0.25) is 0 Å². The van der Waals surface area contributed by atoms with Gasteiger partial charge in [-0.1, -0.05) is 51.6 Å². The fourth-order valence-corrected chi connectivity index (χ4v) is 4.98. The van der Waals surface area contributed by atoms with Crippen molar-refractivity contribution >= 4 is 20.6 Å². The first-order valence-corrected chi connectivity index (χ1v) is 13.9. The molecule has 0 aliphatic rings. The highest BCUT2D eigenvalue weighted by Gasteiger charge is 2.15. The Morgan fingerprint density at radius 3 is 2.18 bits per heavy atom. The van der Waals surface area contributed by atoms with Crippen molar-refractivity contribution in [2.24, 2.45) is 0 Å². The number of halogens is 1. The molecule has 0 amide bonds. The lowest BCUT2D eigenvalue weighted by Gasteiger charge is -2.11. The van der Waals surface area contributed by atoms with Gasteiger partial charge in [-0.05, 0) is 65.8 Å². The van der Waals surface area contributed by atoms with Crippen molar-refractivity contribution in [3.05, 3.63) is 113 Å². The molecule has 0 saturated heterocycles. The molecule has 8 heteroatoms. The number of fused-ring (bicyclic) bond motifs is 1. The van der Waals surface area contributed by atoms with E-state index in [4.69, 9.17) is 0 Å². The van der Waals surface area contributed by atoms with Gasteiger partial charge in [-0.3, -0.25) is 14.8 Å². The summed E-state index contributed by atoms with van der Waals surface area (Å²) >= 11 is 0. The minimum Gasteiger partial charge on any atom is -0.329 e. The summed E-state index contributed by atoms with van der Waals surface area (Å²) in [6.45, 7) is 6.07. The molecule has 0 aliphatic heterocycles. The molecule has 6 nitrogen and oxygen atoms in total. The van der Waals surface area contributed by atoms with Crippen LogP contribution in [-0.2, 0) is 9.84 Å². The van der Waals surface area contributed by atoms with Gasteiger partial charge in [-0.25, -0.2) is 12.8 Å². The highest BCUT2D eigenvalue weighted by atomic mass is 32.2. The third kappa shape index (κ3) is 6.64. The van der Waals surface area contributed by atoms with E-state index >= 15 is 0 Å². The Bertz CT molecular complexity index is 1780. The van der Waals surface area contributed by atoms with Crippen LogP contribution < -0.4 is 5.56 Å². The molecule has 0 fully saturated rings. The lowest BCUT2D eigenvalue weighted by atomic mass is 9.96. The topological polar surface area (TPSA) is 92.8 Å². The van der Waals surface area contributed by atoms with E-state index in [0.717, 1.165) is 45.8 Å². The second-order valence-corrected chi connectivity index (χ2v) is 11.2. The van der Waals surface area contributed by atoms with Crippen molar-refractivity contribution in [2.75, 3.05) is 6.26 Å². The number of benzene rings is 2. The van der Waals surface area contributed by atoms with Gasteiger partial charge in [0.15, 0.2) is 9.84 Å². The van der Waals surface area contributed by atoms with Crippen molar-refractivity contribution in [2.45, 2.75) is 39.0 Å². The van der Waals surface area contributed by atoms with Crippen LogP contribution in [-0.4, -0.2) is 29.6 Å². The predicted octanol–water partition coefficient (Wildman–Crippen LogP) is 6.95. The number of nitrogens with zero attached hydrogens (tertiary/aromatic N) is 2. The Morgan fingerprint density at radius 2 is 1.51 bits per heavy atom. The molecular formula is C31H32FN3O3S. The number of hydrogen-bond acceptors (Lipinski definition) is 5. The fourth-order valence-electron chi connectivity index (χ4n) is 4.22. The van der Waals surface area contributed by atoms with Crippen LogP contribution in [0.25, 0.3) is 33.0 Å². The Kier molecular flexibility index (Phi) is 9.14. The van der Waals surface area contributed by atoms with Gasteiger partial charge in [0.25, 0.3) is 5.56 Å². The molecule has 39 heavy (non-hydrogen) atoms. The quantitative estimate of drug-likeness (QED) is 0.264. The number of aromatic amines is 1. The molecular weight excluding hydrogens is 513 g/mol. The standard InChI is InChI=1S/C17H16N2O.C13H12FNO2S.CH4/c1-11(2)16-14(4-3-8-18-16)13-6-5-12-7-9-19-17(20)15(12)10-13;1-9-11(4-3-7-15-9)10-5-6-12(14)13(8-10)18(2,16)17;/h3-11H,1-2H3,(H,19,20);3-8H,1-2H3;1H4. The van der Waals surface area contributed by atoms with Gasteiger partial charge >= 0.3 is 0 Å². The summed E-state index contributed by atoms with van der Waals surface area (Å²) in [6, 6.07) is 19.5. The van der Waals surface area contributed by atoms with Gasteiger partial charge in [-0.2, -0.15) is 0 Å². The SMILES string of the molecule is C.CC(C)c1ncccc1-c1ccc2cc[nH]c(=O)c2c1.Cc1ncccc1-c1ccc(F)c(S(C)(=O)=O)c1. The molecule has 0 bridgehead atoms. The Morgan fingerprint density at radius 1 is 0.872 bits per heavy atom. The highest BCUT2D eigenvalue weighted by Crippen LogP contribution is 2.29. The first-order chi connectivity index (χ1) is 18.1. The summed E-state index contributed by atoms with van der Waals surface area (Å²) in [5.74, 6) is -0.390. The summed E-state index contributed by atoms with van der Waals surface area (Å²) in [7, 11) is -3.57. The molecule has 1 N–H and O–H groups in total. The third-order valence-corrected chi connectivity index (χ3v) is 7.23. The summed E-state index contributed by atoms with van der Waals surface area (Å²) in [4.78, 5) is 22.9. The number of aromatic nitrogens is 3. The first kappa shape index (κ1) is 29.4. The minimum absolute atomic E-state index is 0. The molecule has 2 aromatic carbocycles. The Hall–Kier alpha value is -4.17. The van der Waals surface area contributed by atoms with Crippen LogP contribution in [0.15, 0.2) is 95.0 Å². The Labute approximate surface area is 228 Å². The number of pyridine rings is 3. The molecule has 3 heterocycles. The number of aryl methyl sites for hydroxylation is 1. The molecule has 0 unspecified atom stereocenters. The molecule has 0 spiro atoms. The number of sulfone groups is 1. The zero-order valence-electron chi connectivity index (χ0n) is 21.6. The smallest absolute Gasteiger partial charge is 0.255 e. The zero-order valence-corrected chi connectivity index (χ0v) is 22.4. The fraction of sp³-hybridized carbons (Fsp3) is 0.194. The molecule has 0 aliphatic carbocycles. The van der Waals surface area contributed by atoms with Gasteiger partial charge in [0.1, 0.15) is 10.7 Å². The van der Waals surface area contributed by atoms with E-state index in [1.54, 1.807) is 24.5 Å². The molecule has 0 saturated carbocycles. The first-order valence-electron chi connectivity index (χ1n) is 12.0. The largest absolute Gasteiger partial charge is 0.329 e. The van der Waals surface area contributed by atoms with Gasteiger partial charge in [0, 0.05) is 47.1 Å². The van der Waals surface area contributed by atoms with E-state index < -0.39 is 15.7 Å². The molecule has 3 aromatic heterocycles. The highest BCUT2D eigenvalue weighted by molar-refractivity contribution is 7.90. The zero-order chi connectivity index (χ0) is 27.4. The second kappa shape index (κ2) is 12.1. The van der Waals surface area contributed by atoms with Crippen LogP contribution in [0.4, 0.5) is 4.39 Å². The van der Waals surface area contributed by atoms with Crippen LogP contribution in [0.1, 0.15) is 38.6 Å².